The number of nitrogens with zero attached hydrogens (tertiary/aromatic N) is 1. The number of carboxylic acid groups (broad SMARTS) is 1. The molecular formula is C12H17BrN2O2. The van der Waals surface area contributed by atoms with Crippen LogP contribution in [0.25, 0.3) is 0 Å². The summed E-state index contributed by atoms with van der Waals surface area (Å²) < 4.78 is 0.810. The van der Waals surface area contributed by atoms with Gasteiger partial charge in [0.15, 0.2) is 0 Å². The summed E-state index contributed by atoms with van der Waals surface area (Å²) in [5, 5.41) is 12.3. The van der Waals surface area contributed by atoms with E-state index < -0.39 is 12.0 Å². The SMILES string of the molecule is CN(C)CCNC(C(=O)O)c1ccccc1Br. The van der Waals surface area contributed by atoms with Crippen molar-refractivity contribution >= 4 is 21.9 Å². The van der Waals surface area contributed by atoms with Crippen molar-refractivity contribution in [1.82, 2.24) is 10.2 Å². The average Bonchev–Trinajstić information content (AvgIpc) is 2.25. The fraction of sp³-hybridized carbons (Fsp3) is 0.417. The van der Waals surface area contributed by atoms with Crippen molar-refractivity contribution in [3.05, 3.63) is 34.3 Å². The average molecular weight is 301 g/mol. The molecule has 17 heavy (non-hydrogen) atoms. The molecule has 0 aliphatic heterocycles. The maximum atomic E-state index is 11.2. The Kier molecular flexibility index (Phi) is 5.61. The predicted molar refractivity (Wildman–Crippen MR) is 71.1 cm³/mol. The Balaban J connectivity index is 2.73. The van der Waals surface area contributed by atoms with Crippen molar-refractivity contribution < 1.29 is 9.90 Å². The number of hydrogen-bond donors (Lipinski definition) is 2. The van der Waals surface area contributed by atoms with Gasteiger partial charge in [-0.15, -0.1) is 0 Å². The van der Waals surface area contributed by atoms with Gasteiger partial charge in [0.05, 0.1) is 0 Å². The lowest BCUT2D eigenvalue weighted by Crippen LogP contribution is -2.34. The van der Waals surface area contributed by atoms with E-state index in [1.54, 1.807) is 0 Å². The second-order valence-electron chi connectivity index (χ2n) is 4.05. The second-order valence-corrected chi connectivity index (χ2v) is 4.90. The summed E-state index contributed by atoms with van der Waals surface area (Å²) in [5.41, 5.74) is 0.749. The number of rotatable bonds is 6. The Morgan fingerprint density at radius 1 is 1.47 bits per heavy atom. The first kappa shape index (κ1) is 14.2. The highest BCUT2D eigenvalue weighted by Gasteiger charge is 2.20. The van der Waals surface area contributed by atoms with E-state index in [-0.39, 0.29) is 0 Å². The van der Waals surface area contributed by atoms with Gasteiger partial charge < -0.3 is 10.0 Å². The van der Waals surface area contributed by atoms with Crippen LogP contribution in [0.15, 0.2) is 28.7 Å². The van der Waals surface area contributed by atoms with Crippen LogP contribution in [-0.2, 0) is 4.79 Å². The highest BCUT2D eigenvalue weighted by Crippen LogP contribution is 2.23. The van der Waals surface area contributed by atoms with Gasteiger partial charge in [-0.2, -0.15) is 0 Å². The standard InChI is InChI=1S/C12H17BrN2O2/c1-15(2)8-7-14-11(12(16)17)9-5-3-4-6-10(9)13/h3-6,11,14H,7-8H2,1-2H3,(H,16,17). The van der Waals surface area contributed by atoms with Gasteiger partial charge >= 0.3 is 5.97 Å². The third-order valence-corrected chi connectivity index (χ3v) is 3.09. The minimum atomic E-state index is -0.865. The molecule has 0 radical (unpaired) electrons. The molecular weight excluding hydrogens is 284 g/mol. The van der Waals surface area contributed by atoms with E-state index >= 15 is 0 Å². The number of carbonyl (C=O) groups is 1. The lowest BCUT2D eigenvalue weighted by molar-refractivity contribution is -0.139. The van der Waals surface area contributed by atoms with Crippen LogP contribution in [-0.4, -0.2) is 43.2 Å². The molecule has 2 N–H and O–H groups in total. The first-order valence-electron chi connectivity index (χ1n) is 5.37. The molecule has 0 fully saturated rings. The molecule has 94 valence electrons. The van der Waals surface area contributed by atoms with E-state index in [2.05, 4.69) is 21.2 Å². The minimum Gasteiger partial charge on any atom is -0.480 e. The monoisotopic (exact) mass is 300 g/mol. The molecule has 1 aromatic carbocycles. The van der Waals surface area contributed by atoms with Gasteiger partial charge in [-0.3, -0.25) is 10.1 Å². The zero-order valence-corrected chi connectivity index (χ0v) is 11.6. The topological polar surface area (TPSA) is 52.6 Å². The number of nitrogens with one attached hydrogen (secondary N) is 1. The van der Waals surface area contributed by atoms with Crippen molar-refractivity contribution in [2.45, 2.75) is 6.04 Å². The van der Waals surface area contributed by atoms with Crippen LogP contribution in [0.5, 0.6) is 0 Å². The highest BCUT2D eigenvalue weighted by atomic mass is 79.9. The van der Waals surface area contributed by atoms with Crippen LogP contribution in [0, 0.1) is 0 Å². The maximum Gasteiger partial charge on any atom is 0.325 e. The van der Waals surface area contributed by atoms with Crippen molar-refractivity contribution in [1.29, 1.82) is 0 Å². The molecule has 1 aromatic rings. The van der Waals surface area contributed by atoms with E-state index in [4.69, 9.17) is 0 Å². The van der Waals surface area contributed by atoms with Crippen LogP contribution in [0.1, 0.15) is 11.6 Å². The predicted octanol–water partition coefficient (Wildman–Crippen LogP) is 1.73. The number of aliphatic carboxylic acids is 1. The van der Waals surface area contributed by atoms with E-state index in [0.717, 1.165) is 16.6 Å². The summed E-state index contributed by atoms with van der Waals surface area (Å²) in [6.07, 6.45) is 0. The Labute approximate surface area is 110 Å². The lowest BCUT2D eigenvalue weighted by atomic mass is 10.1. The van der Waals surface area contributed by atoms with Crippen molar-refractivity contribution in [2.24, 2.45) is 0 Å². The maximum absolute atomic E-state index is 11.2. The molecule has 4 nitrogen and oxygen atoms in total. The number of halogens is 1. The fourth-order valence-electron chi connectivity index (χ4n) is 1.47. The van der Waals surface area contributed by atoms with Gasteiger partial charge in [-0.05, 0) is 25.7 Å². The zero-order chi connectivity index (χ0) is 12.8. The molecule has 1 unspecified atom stereocenters. The summed E-state index contributed by atoms with van der Waals surface area (Å²) in [4.78, 5) is 13.2. The van der Waals surface area contributed by atoms with Gasteiger partial charge in [-0.1, -0.05) is 34.1 Å². The molecule has 0 saturated heterocycles. The van der Waals surface area contributed by atoms with Crippen LogP contribution in [0.3, 0.4) is 0 Å². The third kappa shape index (κ3) is 4.46. The number of likely N-dealkylation sites (N-methyl/N-ethyl adjacent to an activating group) is 1. The summed E-state index contributed by atoms with van der Waals surface area (Å²) in [5.74, 6) is -0.865. The molecule has 1 atom stereocenters. The second kappa shape index (κ2) is 6.74. The smallest absolute Gasteiger partial charge is 0.325 e. The van der Waals surface area contributed by atoms with Crippen molar-refractivity contribution in [2.75, 3.05) is 27.2 Å². The van der Waals surface area contributed by atoms with Crippen molar-refractivity contribution in [3.63, 3.8) is 0 Å². The first-order chi connectivity index (χ1) is 8.02. The molecule has 0 heterocycles. The quantitative estimate of drug-likeness (QED) is 0.840. The summed E-state index contributed by atoms with van der Waals surface area (Å²) in [7, 11) is 3.91. The molecule has 0 spiro atoms. The van der Waals surface area contributed by atoms with Gasteiger partial charge in [0, 0.05) is 17.6 Å². The third-order valence-electron chi connectivity index (χ3n) is 2.37. The number of carboxylic acids is 1. The van der Waals surface area contributed by atoms with Gasteiger partial charge in [0.2, 0.25) is 0 Å². The van der Waals surface area contributed by atoms with Crippen LogP contribution in [0.2, 0.25) is 0 Å². The number of hydrogen-bond acceptors (Lipinski definition) is 3. The Bertz CT molecular complexity index is 383. The Hall–Kier alpha value is -0.910. The highest BCUT2D eigenvalue weighted by molar-refractivity contribution is 9.10. The zero-order valence-electron chi connectivity index (χ0n) is 9.98. The lowest BCUT2D eigenvalue weighted by Gasteiger charge is -2.17. The first-order valence-corrected chi connectivity index (χ1v) is 6.17. The molecule has 0 aromatic heterocycles. The molecule has 0 aliphatic carbocycles. The van der Waals surface area contributed by atoms with E-state index in [1.165, 1.54) is 0 Å². The minimum absolute atomic E-state index is 0.630. The summed E-state index contributed by atoms with van der Waals surface area (Å²) in [6.45, 7) is 1.43. The van der Waals surface area contributed by atoms with E-state index in [1.807, 2.05) is 43.3 Å². The van der Waals surface area contributed by atoms with Crippen LogP contribution < -0.4 is 5.32 Å². The molecule has 0 amide bonds. The van der Waals surface area contributed by atoms with Gasteiger partial charge in [0.25, 0.3) is 0 Å². The number of benzene rings is 1. The molecule has 1 rings (SSSR count). The molecule has 0 saturated carbocycles. The Morgan fingerprint density at radius 3 is 2.65 bits per heavy atom. The summed E-state index contributed by atoms with van der Waals surface area (Å²) >= 11 is 3.37. The molecule has 5 heteroatoms. The van der Waals surface area contributed by atoms with Crippen molar-refractivity contribution in [3.8, 4) is 0 Å². The van der Waals surface area contributed by atoms with E-state index in [9.17, 15) is 9.90 Å². The summed E-state index contributed by atoms with van der Waals surface area (Å²) in [6, 6.07) is 6.69. The normalized spacial score (nSPS) is 12.7. The van der Waals surface area contributed by atoms with E-state index in [0.29, 0.717) is 6.54 Å². The molecule has 0 bridgehead atoms. The molecule has 0 aliphatic rings. The fourth-order valence-corrected chi connectivity index (χ4v) is 1.99. The van der Waals surface area contributed by atoms with Gasteiger partial charge in [0.1, 0.15) is 6.04 Å². The van der Waals surface area contributed by atoms with Gasteiger partial charge in [-0.25, -0.2) is 0 Å². The van der Waals surface area contributed by atoms with Crippen LogP contribution >= 0.6 is 15.9 Å². The largest absolute Gasteiger partial charge is 0.480 e. The Morgan fingerprint density at radius 2 is 2.12 bits per heavy atom. The van der Waals surface area contributed by atoms with Crippen LogP contribution in [0.4, 0.5) is 0 Å².